The molecule has 1 aromatic rings. The van der Waals surface area contributed by atoms with Gasteiger partial charge in [0.05, 0.1) is 11.8 Å². The van der Waals surface area contributed by atoms with Crippen molar-refractivity contribution in [2.45, 2.75) is 25.8 Å². The Balaban J connectivity index is 1.66. The maximum atomic E-state index is 12.3. The average Bonchev–Trinajstić information content (AvgIpc) is 3.06. The molecule has 2 saturated carbocycles. The molecule has 3 rings (SSSR count). The number of fused-ring (bicyclic) bond motifs is 2. The average molecular weight is 273 g/mol. The molecular weight excluding hydrogens is 254 g/mol. The molecule has 2 aliphatic carbocycles. The summed E-state index contributed by atoms with van der Waals surface area (Å²) >= 11 is 0. The molecule has 0 aliphatic heterocycles. The minimum Gasteiger partial charge on any atom is -0.481 e. The fourth-order valence-corrected chi connectivity index (χ4v) is 3.93. The Morgan fingerprint density at radius 3 is 2.40 bits per heavy atom. The number of benzene rings is 1. The quantitative estimate of drug-likeness (QED) is 0.882. The van der Waals surface area contributed by atoms with Crippen molar-refractivity contribution in [1.29, 1.82) is 0 Å². The van der Waals surface area contributed by atoms with Gasteiger partial charge in [0.1, 0.15) is 0 Å². The van der Waals surface area contributed by atoms with E-state index in [4.69, 9.17) is 0 Å². The Kier molecular flexibility index (Phi) is 3.47. The number of carboxylic acid groups (broad SMARTS) is 1. The predicted octanol–water partition coefficient (Wildman–Crippen LogP) is 2.05. The molecule has 106 valence electrons. The van der Waals surface area contributed by atoms with Gasteiger partial charge in [-0.05, 0) is 36.7 Å². The third kappa shape index (κ3) is 2.30. The van der Waals surface area contributed by atoms with E-state index in [-0.39, 0.29) is 23.7 Å². The van der Waals surface area contributed by atoms with Crippen molar-refractivity contribution in [1.82, 2.24) is 5.32 Å². The molecule has 0 aromatic heterocycles. The van der Waals surface area contributed by atoms with Crippen LogP contribution in [0.4, 0.5) is 0 Å². The number of hydrogen-bond acceptors (Lipinski definition) is 2. The van der Waals surface area contributed by atoms with E-state index in [1.54, 1.807) is 0 Å². The minimum atomic E-state index is -0.808. The Labute approximate surface area is 118 Å². The van der Waals surface area contributed by atoms with E-state index >= 15 is 0 Å². The Morgan fingerprint density at radius 1 is 1.10 bits per heavy atom. The van der Waals surface area contributed by atoms with Gasteiger partial charge in [-0.3, -0.25) is 9.59 Å². The summed E-state index contributed by atoms with van der Waals surface area (Å²) in [7, 11) is 0. The van der Waals surface area contributed by atoms with Crippen molar-refractivity contribution in [2.75, 3.05) is 0 Å². The topological polar surface area (TPSA) is 66.4 Å². The smallest absolute Gasteiger partial charge is 0.307 e. The molecule has 4 heteroatoms. The van der Waals surface area contributed by atoms with Gasteiger partial charge < -0.3 is 10.4 Å². The highest BCUT2D eigenvalue weighted by molar-refractivity contribution is 5.86. The number of rotatable bonds is 4. The molecule has 1 amide bonds. The number of carbonyl (C=O) groups is 2. The Hall–Kier alpha value is -1.84. The summed E-state index contributed by atoms with van der Waals surface area (Å²) in [5.74, 6) is -1.26. The summed E-state index contributed by atoms with van der Waals surface area (Å²) in [6.45, 7) is 0.472. The SMILES string of the molecule is O=C(O)[C@@H]1[C@@H]2CC[C@@H](C2)[C@@H]1C(=O)NCc1ccccc1. The molecular formula is C16H19NO3. The fourth-order valence-electron chi connectivity index (χ4n) is 3.93. The summed E-state index contributed by atoms with van der Waals surface area (Å²) in [5.41, 5.74) is 1.04. The number of nitrogens with one attached hydrogen (secondary N) is 1. The molecule has 2 aliphatic rings. The van der Waals surface area contributed by atoms with E-state index in [1.165, 1.54) is 0 Å². The van der Waals surface area contributed by atoms with Gasteiger partial charge in [-0.1, -0.05) is 30.3 Å². The molecule has 0 heterocycles. The van der Waals surface area contributed by atoms with Crippen LogP contribution in [-0.2, 0) is 16.1 Å². The van der Waals surface area contributed by atoms with Gasteiger partial charge in [-0.2, -0.15) is 0 Å². The van der Waals surface area contributed by atoms with E-state index in [2.05, 4.69) is 5.32 Å². The zero-order valence-corrected chi connectivity index (χ0v) is 11.3. The van der Waals surface area contributed by atoms with Crippen molar-refractivity contribution in [3.63, 3.8) is 0 Å². The van der Waals surface area contributed by atoms with Crippen LogP contribution in [0.15, 0.2) is 30.3 Å². The minimum absolute atomic E-state index is 0.0894. The van der Waals surface area contributed by atoms with Crippen LogP contribution in [0.1, 0.15) is 24.8 Å². The number of carboxylic acids is 1. The van der Waals surface area contributed by atoms with Crippen LogP contribution < -0.4 is 5.32 Å². The van der Waals surface area contributed by atoms with Crippen molar-refractivity contribution < 1.29 is 14.7 Å². The zero-order valence-electron chi connectivity index (χ0n) is 11.3. The Morgan fingerprint density at radius 2 is 1.75 bits per heavy atom. The highest BCUT2D eigenvalue weighted by Crippen LogP contribution is 2.52. The summed E-state index contributed by atoms with van der Waals surface area (Å²) in [6, 6.07) is 9.70. The molecule has 2 N–H and O–H groups in total. The normalized spacial score (nSPS) is 31.2. The number of carbonyl (C=O) groups excluding carboxylic acids is 1. The first-order valence-electron chi connectivity index (χ1n) is 7.21. The molecule has 0 radical (unpaired) electrons. The van der Waals surface area contributed by atoms with Gasteiger partial charge in [-0.25, -0.2) is 0 Å². The van der Waals surface area contributed by atoms with Gasteiger partial charge in [0.15, 0.2) is 0 Å². The molecule has 4 atom stereocenters. The second-order valence-electron chi connectivity index (χ2n) is 5.93. The first kappa shape index (κ1) is 13.2. The zero-order chi connectivity index (χ0) is 14.1. The van der Waals surface area contributed by atoms with Gasteiger partial charge in [-0.15, -0.1) is 0 Å². The van der Waals surface area contributed by atoms with Gasteiger partial charge >= 0.3 is 5.97 Å². The monoisotopic (exact) mass is 273 g/mol. The molecule has 20 heavy (non-hydrogen) atoms. The van der Waals surface area contributed by atoms with Crippen LogP contribution in [0.25, 0.3) is 0 Å². The predicted molar refractivity (Wildman–Crippen MR) is 73.7 cm³/mol. The van der Waals surface area contributed by atoms with Crippen LogP contribution >= 0.6 is 0 Å². The third-order valence-corrected chi connectivity index (χ3v) is 4.81. The highest BCUT2D eigenvalue weighted by Gasteiger charge is 2.53. The van der Waals surface area contributed by atoms with Crippen molar-refractivity contribution >= 4 is 11.9 Å². The fraction of sp³-hybridized carbons (Fsp3) is 0.500. The van der Waals surface area contributed by atoms with E-state index in [0.717, 1.165) is 24.8 Å². The third-order valence-electron chi connectivity index (χ3n) is 4.81. The van der Waals surface area contributed by atoms with Crippen LogP contribution in [0, 0.1) is 23.7 Å². The lowest BCUT2D eigenvalue weighted by atomic mass is 9.78. The molecule has 2 fully saturated rings. The molecule has 0 spiro atoms. The van der Waals surface area contributed by atoms with Crippen molar-refractivity contribution in [3.8, 4) is 0 Å². The lowest BCUT2D eigenvalue weighted by Gasteiger charge is -2.27. The summed E-state index contributed by atoms with van der Waals surface area (Å²) in [5, 5.41) is 12.3. The molecule has 2 bridgehead atoms. The van der Waals surface area contributed by atoms with Crippen molar-refractivity contribution in [3.05, 3.63) is 35.9 Å². The highest BCUT2D eigenvalue weighted by atomic mass is 16.4. The van der Waals surface area contributed by atoms with Crippen LogP contribution in [0.2, 0.25) is 0 Å². The summed E-state index contributed by atoms with van der Waals surface area (Å²) in [6.07, 6.45) is 2.86. The second kappa shape index (κ2) is 5.27. The van der Waals surface area contributed by atoms with E-state index in [9.17, 15) is 14.7 Å². The van der Waals surface area contributed by atoms with Crippen LogP contribution in [0.3, 0.4) is 0 Å². The van der Waals surface area contributed by atoms with Gasteiger partial charge in [0.2, 0.25) is 5.91 Å². The standard InChI is InChI=1S/C16H19NO3/c18-15(17-9-10-4-2-1-3-5-10)13-11-6-7-12(8-11)14(13)16(19)20/h1-5,11-14H,6-9H2,(H,17,18)(H,19,20)/t11-,12+,13-,14+/m0/s1. The molecule has 0 unspecified atom stereocenters. The first-order valence-corrected chi connectivity index (χ1v) is 7.21. The largest absolute Gasteiger partial charge is 0.481 e. The maximum absolute atomic E-state index is 12.3. The lowest BCUT2D eigenvalue weighted by Crippen LogP contribution is -2.41. The van der Waals surface area contributed by atoms with Crippen LogP contribution in [-0.4, -0.2) is 17.0 Å². The van der Waals surface area contributed by atoms with Gasteiger partial charge in [0.25, 0.3) is 0 Å². The lowest BCUT2D eigenvalue weighted by molar-refractivity contribution is -0.149. The summed E-state index contributed by atoms with van der Waals surface area (Å²) in [4.78, 5) is 23.7. The molecule has 0 saturated heterocycles. The van der Waals surface area contributed by atoms with E-state index < -0.39 is 11.9 Å². The second-order valence-corrected chi connectivity index (χ2v) is 5.93. The Bertz CT molecular complexity index is 514. The van der Waals surface area contributed by atoms with Gasteiger partial charge in [0, 0.05) is 6.54 Å². The van der Waals surface area contributed by atoms with E-state index in [0.29, 0.717) is 6.54 Å². The first-order chi connectivity index (χ1) is 9.66. The molecule has 4 nitrogen and oxygen atoms in total. The van der Waals surface area contributed by atoms with E-state index in [1.807, 2.05) is 30.3 Å². The summed E-state index contributed by atoms with van der Waals surface area (Å²) < 4.78 is 0. The number of amides is 1. The maximum Gasteiger partial charge on any atom is 0.307 e. The molecule has 1 aromatic carbocycles. The van der Waals surface area contributed by atoms with Crippen molar-refractivity contribution in [2.24, 2.45) is 23.7 Å². The van der Waals surface area contributed by atoms with Crippen LogP contribution in [0.5, 0.6) is 0 Å². The number of hydrogen-bond donors (Lipinski definition) is 2. The number of aliphatic carboxylic acids is 1.